The third-order valence-corrected chi connectivity index (χ3v) is 2.98. The summed E-state index contributed by atoms with van der Waals surface area (Å²) in [5, 5.41) is 16.6. The number of aryl methyl sites for hydroxylation is 1. The molecule has 19 heavy (non-hydrogen) atoms. The topological polar surface area (TPSA) is 77.2 Å². The molecule has 2 aromatic rings. The number of ether oxygens (including phenoxy) is 1. The summed E-state index contributed by atoms with van der Waals surface area (Å²) in [5.74, 6) is -2.11. The molecule has 1 aromatic carbocycles. The number of hydrogen-bond donors (Lipinski definition) is 1. The molecule has 1 atom stereocenters. The van der Waals surface area contributed by atoms with E-state index in [0.717, 1.165) is 6.07 Å². The molecule has 0 saturated carbocycles. The van der Waals surface area contributed by atoms with Crippen LogP contribution in [-0.4, -0.2) is 39.3 Å². The number of carboxylic acid groups (broad SMARTS) is 1. The zero-order valence-corrected chi connectivity index (χ0v) is 10.6. The van der Waals surface area contributed by atoms with E-state index in [1.54, 1.807) is 11.8 Å². The average molecular weight is 267 g/mol. The van der Waals surface area contributed by atoms with Crippen LogP contribution in [0.1, 0.15) is 23.7 Å². The molecule has 7 heteroatoms. The van der Waals surface area contributed by atoms with Gasteiger partial charge in [-0.2, -0.15) is 0 Å². The molecule has 2 rings (SSSR count). The fourth-order valence-electron chi connectivity index (χ4n) is 1.74. The molecule has 6 nitrogen and oxygen atoms in total. The Morgan fingerprint density at radius 2 is 2.32 bits per heavy atom. The van der Waals surface area contributed by atoms with Crippen molar-refractivity contribution in [3.63, 3.8) is 0 Å². The van der Waals surface area contributed by atoms with Gasteiger partial charge in [-0.25, -0.2) is 13.9 Å². The van der Waals surface area contributed by atoms with Gasteiger partial charge in [-0.1, -0.05) is 5.21 Å². The molecule has 0 spiro atoms. The van der Waals surface area contributed by atoms with E-state index in [-0.39, 0.29) is 6.10 Å². The molecule has 0 fully saturated rings. The summed E-state index contributed by atoms with van der Waals surface area (Å²) < 4.78 is 20.3. The number of nitrogens with zero attached hydrogens (tertiary/aromatic N) is 3. The minimum absolute atomic E-state index is 0.0578. The van der Waals surface area contributed by atoms with Gasteiger partial charge in [0.25, 0.3) is 0 Å². The molecule has 1 N–H and O–H groups in total. The smallest absolute Gasteiger partial charge is 0.338 e. The summed E-state index contributed by atoms with van der Waals surface area (Å²) in [7, 11) is 1.61. The molecule has 1 heterocycles. The van der Waals surface area contributed by atoms with Crippen molar-refractivity contribution in [1.29, 1.82) is 0 Å². The first-order valence-electron chi connectivity index (χ1n) is 5.81. The van der Waals surface area contributed by atoms with Crippen LogP contribution in [0.3, 0.4) is 0 Å². The molecular formula is C12H14FN3O3. The lowest BCUT2D eigenvalue weighted by atomic mass is 10.2. The molecule has 0 amide bonds. The number of benzene rings is 1. The van der Waals surface area contributed by atoms with Crippen LogP contribution in [0.25, 0.3) is 11.0 Å². The van der Waals surface area contributed by atoms with Gasteiger partial charge in [0.2, 0.25) is 0 Å². The Kier molecular flexibility index (Phi) is 3.75. The van der Waals surface area contributed by atoms with Crippen LogP contribution < -0.4 is 0 Å². The number of carbonyl (C=O) groups is 1. The van der Waals surface area contributed by atoms with Crippen LogP contribution in [0.2, 0.25) is 0 Å². The Hall–Kier alpha value is -2.02. The number of rotatable bonds is 5. The molecule has 0 aliphatic carbocycles. The largest absolute Gasteiger partial charge is 0.478 e. The first-order valence-corrected chi connectivity index (χ1v) is 5.81. The zero-order valence-electron chi connectivity index (χ0n) is 10.6. The SMILES string of the molecule is COC(C)CCn1nnc2cc(C(=O)O)c(F)cc21. The van der Waals surface area contributed by atoms with Crippen LogP contribution in [0.15, 0.2) is 12.1 Å². The van der Waals surface area contributed by atoms with Gasteiger partial charge in [0, 0.05) is 19.7 Å². The Balaban J connectivity index is 2.33. The van der Waals surface area contributed by atoms with Crippen molar-refractivity contribution in [2.45, 2.75) is 26.0 Å². The maximum Gasteiger partial charge on any atom is 0.338 e. The fourth-order valence-corrected chi connectivity index (χ4v) is 1.74. The normalized spacial score (nSPS) is 12.8. The number of carboxylic acids is 1. The molecule has 0 radical (unpaired) electrons. The van der Waals surface area contributed by atoms with Crippen LogP contribution in [0.4, 0.5) is 4.39 Å². The van der Waals surface area contributed by atoms with Crippen LogP contribution in [0, 0.1) is 5.82 Å². The fraction of sp³-hybridized carbons (Fsp3) is 0.417. The van der Waals surface area contributed by atoms with Crippen molar-refractivity contribution in [2.24, 2.45) is 0 Å². The predicted molar refractivity (Wildman–Crippen MR) is 65.5 cm³/mol. The number of fused-ring (bicyclic) bond motifs is 1. The predicted octanol–water partition coefficient (Wildman–Crippen LogP) is 1.69. The second-order valence-electron chi connectivity index (χ2n) is 4.27. The maximum atomic E-state index is 13.6. The van der Waals surface area contributed by atoms with E-state index in [4.69, 9.17) is 9.84 Å². The summed E-state index contributed by atoms with van der Waals surface area (Å²) >= 11 is 0. The molecule has 0 aliphatic heterocycles. The summed E-state index contributed by atoms with van der Waals surface area (Å²) in [5.41, 5.74) is 0.444. The second kappa shape index (κ2) is 5.31. The summed E-state index contributed by atoms with van der Waals surface area (Å²) in [6.45, 7) is 2.44. The van der Waals surface area contributed by atoms with E-state index in [2.05, 4.69) is 10.3 Å². The monoisotopic (exact) mass is 267 g/mol. The van der Waals surface area contributed by atoms with Crippen molar-refractivity contribution in [3.8, 4) is 0 Å². The van der Waals surface area contributed by atoms with E-state index < -0.39 is 17.3 Å². The molecule has 0 aliphatic rings. The van der Waals surface area contributed by atoms with Gasteiger partial charge in [-0.15, -0.1) is 5.10 Å². The molecule has 0 saturated heterocycles. The Morgan fingerprint density at radius 1 is 1.58 bits per heavy atom. The number of aromatic nitrogens is 3. The highest BCUT2D eigenvalue weighted by Crippen LogP contribution is 2.18. The maximum absolute atomic E-state index is 13.6. The lowest BCUT2D eigenvalue weighted by Crippen LogP contribution is -2.11. The van der Waals surface area contributed by atoms with Gasteiger partial charge in [0.15, 0.2) is 0 Å². The van der Waals surface area contributed by atoms with Crippen LogP contribution in [-0.2, 0) is 11.3 Å². The van der Waals surface area contributed by atoms with E-state index >= 15 is 0 Å². The van der Waals surface area contributed by atoms with E-state index in [1.165, 1.54) is 6.07 Å². The standard InChI is InChI=1S/C12H14FN3O3/c1-7(19-2)3-4-16-11-6-9(13)8(12(17)18)5-10(11)14-15-16/h5-7H,3-4H2,1-2H3,(H,17,18). The quantitative estimate of drug-likeness (QED) is 0.892. The molecule has 1 aromatic heterocycles. The molecule has 102 valence electrons. The lowest BCUT2D eigenvalue weighted by Gasteiger charge is -2.09. The number of hydrogen-bond acceptors (Lipinski definition) is 4. The van der Waals surface area contributed by atoms with E-state index in [0.29, 0.717) is 24.0 Å². The van der Waals surface area contributed by atoms with Gasteiger partial charge in [-0.3, -0.25) is 0 Å². The van der Waals surface area contributed by atoms with Crippen molar-refractivity contribution in [1.82, 2.24) is 15.0 Å². The van der Waals surface area contributed by atoms with E-state index in [9.17, 15) is 9.18 Å². The van der Waals surface area contributed by atoms with E-state index in [1.807, 2.05) is 6.92 Å². The van der Waals surface area contributed by atoms with Crippen molar-refractivity contribution < 1.29 is 19.0 Å². The summed E-state index contributed by atoms with van der Waals surface area (Å²) in [6, 6.07) is 2.34. The number of aromatic carboxylic acids is 1. The van der Waals surface area contributed by atoms with Gasteiger partial charge >= 0.3 is 5.97 Å². The van der Waals surface area contributed by atoms with Gasteiger partial charge in [0.05, 0.1) is 17.2 Å². The second-order valence-corrected chi connectivity index (χ2v) is 4.27. The van der Waals surface area contributed by atoms with Crippen LogP contribution in [0.5, 0.6) is 0 Å². The Labute approximate surface area is 108 Å². The third kappa shape index (κ3) is 2.70. The number of methoxy groups -OCH3 is 1. The van der Waals surface area contributed by atoms with Crippen molar-refractivity contribution >= 4 is 17.0 Å². The highest BCUT2D eigenvalue weighted by atomic mass is 19.1. The van der Waals surface area contributed by atoms with Crippen molar-refractivity contribution in [2.75, 3.05) is 7.11 Å². The minimum atomic E-state index is -1.32. The van der Waals surface area contributed by atoms with Gasteiger partial charge < -0.3 is 9.84 Å². The van der Waals surface area contributed by atoms with Crippen molar-refractivity contribution in [3.05, 3.63) is 23.5 Å². The molecular weight excluding hydrogens is 253 g/mol. The average Bonchev–Trinajstić information content (AvgIpc) is 2.76. The van der Waals surface area contributed by atoms with Gasteiger partial charge in [0.1, 0.15) is 11.3 Å². The highest BCUT2D eigenvalue weighted by molar-refractivity contribution is 5.92. The lowest BCUT2D eigenvalue weighted by molar-refractivity contribution is 0.0692. The summed E-state index contributed by atoms with van der Waals surface area (Å²) in [4.78, 5) is 10.8. The molecule has 0 bridgehead atoms. The Bertz CT molecular complexity index is 612. The minimum Gasteiger partial charge on any atom is -0.478 e. The molecule has 1 unspecified atom stereocenters. The van der Waals surface area contributed by atoms with Gasteiger partial charge in [-0.05, 0) is 19.4 Å². The highest BCUT2D eigenvalue weighted by Gasteiger charge is 2.15. The summed E-state index contributed by atoms with van der Waals surface area (Å²) in [6.07, 6.45) is 0.763. The first-order chi connectivity index (χ1) is 9.02. The Morgan fingerprint density at radius 3 is 2.95 bits per heavy atom. The zero-order chi connectivity index (χ0) is 14.0. The number of halogens is 1. The first kappa shape index (κ1) is 13.4. The van der Waals surface area contributed by atoms with Crippen LogP contribution >= 0.6 is 0 Å². The third-order valence-electron chi connectivity index (χ3n) is 2.98.